The van der Waals surface area contributed by atoms with Gasteiger partial charge in [-0.1, -0.05) is 11.3 Å². The highest BCUT2D eigenvalue weighted by atomic mass is 32.1. The summed E-state index contributed by atoms with van der Waals surface area (Å²) in [6.07, 6.45) is 1.78. The van der Waals surface area contributed by atoms with Gasteiger partial charge in [0.1, 0.15) is 5.51 Å². The van der Waals surface area contributed by atoms with E-state index in [4.69, 9.17) is 5.11 Å². The van der Waals surface area contributed by atoms with Gasteiger partial charge in [0, 0.05) is 12.6 Å². The van der Waals surface area contributed by atoms with Crippen LogP contribution in [0.2, 0.25) is 0 Å². The maximum absolute atomic E-state index is 8.59. The minimum Gasteiger partial charge on any atom is -0.396 e. The van der Waals surface area contributed by atoms with Gasteiger partial charge in [0.15, 0.2) is 0 Å². The maximum atomic E-state index is 8.59. The summed E-state index contributed by atoms with van der Waals surface area (Å²) in [6, 6.07) is 0.352. The Balaban J connectivity index is 2.22. The first-order chi connectivity index (χ1) is 5.83. The third kappa shape index (κ3) is 3.15. The van der Waals surface area contributed by atoms with Gasteiger partial charge in [-0.05, 0) is 19.8 Å². The van der Waals surface area contributed by atoms with Crippen LogP contribution >= 0.6 is 11.3 Å². The van der Waals surface area contributed by atoms with Crippen LogP contribution in [0.1, 0.15) is 19.8 Å². The molecule has 0 amide bonds. The molecule has 0 aliphatic carbocycles. The Labute approximate surface area is 75.6 Å². The molecule has 1 aromatic heterocycles. The van der Waals surface area contributed by atoms with Gasteiger partial charge in [0.25, 0.3) is 0 Å². The molecule has 0 aliphatic heterocycles. The summed E-state index contributed by atoms with van der Waals surface area (Å²) >= 11 is 1.49. The number of aliphatic hydroxyl groups excluding tert-OH is 1. The summed E-state index contributed by atoms with van der Waals surface area (Å²) in [4.78, 5) is 0. The normalized spacial score (nSPS) is 12.8. The van der Waals surface area contributed by atoms with Crippen LogP contribution in [0.15, 0.2) is 5.51 Å². The van der Waals surface area contributed by atoms with Crippen molar-refractivity contribution in [1.29, 1.82) is 0 Å². The molecular formula is C7H13N3OS. The van der Waals surface area contributed by atoms with E-state index in [0.29, 0.717) is 6.04 Å². The van der Waals surface area contributed by atoms with E-state index in [1.54, 1.807) is 5.51 Å². The van der Waals surface area contributed by atoms with E-state index in [2.05, 4.69) is 22.4 Å². The molecule has 4 nitrogen and oxygen atoms in total. The van der Waals surface area contributed by atoms with Crippen molar-refractivity contribution in [3.05, 3.63) is 5.51 Å². The van der Waals surface area contributed by atoms with E-state index in [9.17, 15) is 0 Å². The molecule has 12 heavy (non-hydrogen) atoms. The number of aliphatic hydroxyl groups is 1. The van der Waals surface area contributed by atoms with E-state index < -0.39 is 0 Å². The number of nitrogens with zero attached hydrogens (tertiary/aromatic N) is 2. The second kappa shape index (κ2) is 5.05. The monoisotopic (exact) mass is 187 g/mol. The number of rotatable bonds is 5. The van der Waals surface area contributed by atoms with E-state index in [1.165, 1.54) is 11.3 Å². The fraction of sp³-hybridized carbons (Fsp3) is 0.714. The minimum absolute atomic E-state index is 0.252. The van der Waals surface area contributed by atoms with Crippen LogP contribution < -0.4 is 5.32 Å². The van der Waals surface area contributed by atoms with Crippen LogP contribution in [0.5, 0.6) is 0 Å². The Kier molecular flexibility index (Phi) is 3.96. The summed E-state index contributed by atoms with van der Waals surface area (Å²) < 4.78 is 0. The first kappa shape index (κ1) is 9.41. The highest BCUT2D eigenvalue weighted by molar-refractivity contribution is 7.13. The molecule has 0 aliphatic rings. The predicted octanol–water partition coefficient (Wildman–Crippen LogP) is 1.11. The number of nitrogens with one attached hydrogen (secondary N) is 1. The van der Waals surface area contributed by atoms with Gasteiger partial charge in [-0.3, -0.25) is 0 Å². The average molecular weight is 187 g/mol. The number of hydrogen-bond donors (Lipinski definition) is 2. The lowest BCUT2D eigenvalue weighted by Gasteiger charge is -2.10. The van der Waals surface area contributed by atoms with Crippen LogP contribution in [0, 0.1) is 0 Å². The van der Waals surface area contributed by atoms with E-state index in [-0.39, 0.29) is 6.61 Å². The van der Waals surface area contributed by atoms with Gasteiger partial charge < -0.3 is 10.4 Å². The Morgan fingerprint density at radius 1 is 1.75 bits per heavy atom. The van der Waals surface area contributed by atoms with Crippen molar-refractivity contribution >= 4 is 16.5 Å². The molecule has 5 heteroatoms. The molecule has 1 aromatic rings. The highest BCUT2D eigenvalue weighted by Crippen LogP contribution is 2.11. The van der Waals surface area contributed by atoms with Crippen molar-refractivity contribution in [2.24, 2.45) is 0 Å². The van der Waals surface area contributed by atoms with Crippen LogP contribution in [0.25, 0.3) is 0 Å². The summed E-state index contributed by atoms with van der Waals surface area (Å²) in [5, 5.41) is 20.2. The lowest BCUT2D eigenvalue weighted by Crippen LogP contribution is -2.15. The van der Waals surface area contributed by atoms with Crippen molar-refractivity contribution in [3.63, 3.8) is 0 Å². The van der Waals surface area contributed by atoms with Crippen LogP contribution in [-0.4, -0.2) is 28.0 Å². The topological polar surface area (TPSA) is 58.0 Å². The molecule has 0 spiro atoms. The molecule has 1 unspecified atom stereocenters. The predicted molar refractivity (Wildman–Crippen MR) is 49.3 cm³/mol. The van der Waals surface area contributed by atoms with Crippen molar-refractivity contribution in [2.75, 3.05) is 11.9 Å². The van der Waals surface area contributed by atoms with Gasteiger partial charge in [0.05, 0.1) is 0 Å². The quantitative estimate of drug-likeness (QED) is 0.725. The summed E-state index contributed by atoms with van der Waals surface area (Å²) in [5.41, 5.74) is 1.70. The minimum atomic E-state index is 0.252. The molecule has 0 saturated carbocycles. The first-order valence-electron chi connectivity index (χ1n) is 3.96. The maximum Gasteiger partial charge on any atom is 0.205 e. The lowest BCUT2D eigenvalue weighted by atomic mass is 10.2. The zero-order valence-corrected chi connectivity index (χ0v) is 7.84. The first-order valence-corrected chi connectivity index (χ1v) is 4.84. The van der Waals surface area contributed by atoms with Gasteiger partial charge in [-0.25, -0.2) is 0 Å². The zero-order valence-electron chi connectivity index (χ0n) is 7.03. The fourth-order valence-corrected chi connectivity index (χ4v) is 1.47. The van der Waals surface area contributed by atoms with E-state index in [1.807, 2.05) is 0 Å². The zero-order chi connectivity index (χ0) is 8.81. The van der Waals surface area contributed by atoms with Crippen molar-refractivity contribution in [3.8, 4) is 0 Å². The molecule has 0 saturated heterocycles. The molecular weight excluding hydrogens is 174 g/mol. The molecule has 0 radical (unpaired) electrons. The van der Waals surface area contributed by atoms with Crippen molar-refractivity contribution < 1.29 is 5.11 Å². The van der Waals surface area contributed by atoms with E-state index in [0.717, 1.165) is 18.0 Å². The van der Waals surface area contributed by atoms with Crippen molar-refractivity contribution in [2.45, 2.75) is 25.8 Å². The van der Waals surface area contributed by atoms with Crippen LogP contribution in [0.4, 0.5) is 5.13 Å². The Morgan fingerprint density at radius 2 is 2.58 bits per heavy atom. The third-order valence-electron chi connectivity index (χ3n) is 1.53. The fourth-order valence-electron chi connectivity index (χ4n) is 0.916. The molecule has 1 heterocycles. The molecule has 1 rings (SSSR count). The van der Waals surface area contributed by atoms with E-state index >= 15 is 0 Å². The standard InChI is InChI=1S/C7H13N3OS/c1-6(3-2-4-11)9-7-10-8-5-12-7/h5-6,11H,2-4H2,1H3,(H,9,10). The lowest BCUT2D eigenvalue weighted by molar-refractivity contribution is 0.282. The number of aromatic nitrogens is 2. The Hall–Kier alpha value is -0.680. The summed E-state index contributed by atoms with van der Waals surface area (Å²) in [7, 11) is 0. The molecule has 68 valence electrons. The molecule has 1 atom stereocenters. The van der Waals surface area contributed by atoms with Gasteiger partial charge in [0.2, 0.25) is 5.13 Å². The SMILES string of the molecule is CC(CCCO)Nc1nncs1. The summed E-state index contributed by atoms with van der Waals surface area (Å²) in [5.74, 6) is 0. The second-order valence-corrected chi connectivity index (χ2v) is 3.49. The average Bonchev–Trinajstić information content (AvgIpc) is 2.53. The van der Waals surface area contributed by atoms with Gasteiger partial charge in [-0.2, -0.15) is 0 Å². The Bertz CT molecular complexity index is 202. The number of anilines is 1. The highest BCUT2D eigenvalue weighted by Gasteiger charge is 2.02. The second-order valence-electron chi connectivity index (χ2n) is 2.66. The van der Waals surface area contributed by atoms with Crippen LogP contribution in [0.3, 0.4) is 0 Å². The molecule has 0 aromatic carbocycles. The Morgan fingerprint density at radius 3 is 3.17 bits per heavy atom. The van der Waals surface area contributed by atoms with Gasteiger partial charge in [-0.15, -0.1) is 10.2 Å². The third-order valence-corrected chi connectivity index (χ3v) is 2.15. The largest absolute Gasteiger partial charge is 0.396 e. The smallest absolute Gasteiger partial charge is 0.205 e. The van der Waals surface area contributed by atoms with Crippen LogP contribution in [-0.2, 0) is 0 Å². The molecule has 2 N–H and O–H groups in total. The van der Waals surface area contributed by atoms with Crippen molar-refractivity contribution in [1.82, 2.24) is 10.2 Å². The number of hydrogen-bond acceptors (Lipinski definition) is 5. The van der Waals surface area contributed by atoms with Gasteiger partial charge >= 0.3 is 0 Å². The molecule has 0 fully saturated rings. The molecule has 0 bridgehead atoms. The summed E-state index contributed by atoms with van der Waals surface area (Å²) in [6.45, 7) is 2.32.